The molecule has 2 aliphatic rings. The highest BCUT2D eigenvalue weighted by molar-refractivity contribution is 4.87. The fourth-order valence-corrected chi connectivity index (χ4v) is 3.48. The van der Waals surface area contributed by atoms with Gasteiger partial charge in [0, 0.05) is 13.1 Å². The summed E-state index contributed by atoms with van der Waals surface area (Å²) in [6.07, 6.45) is 8.27. The summed E-state index contributed by atoms with van der Waals surface area (Å²) >= 11 is 0. The summed E-state index contributed by atoms with van der Waals surface area (Å²) in [5.74, 6) is 2.14. The van der Waals surface area contributed by atoms with E-state index in [1.54, 1.807) is 0 Å². The van der Waals surface area contributed by atoms with Crippen LogP contribution in [0.4, 0.5) is 0 Å². The third-order valence-corrected chi connectivity index (χ3v) is 4.93. The lowest BCUT2D eigenvalue weighted by Crippen LogP contribution is -2.38. The topological polar surface area (TPSA) is 77.4 Å². The second-order valence-corrected chi connectivity index (χ2v) is 6.80. The van der Waals surface area contributed by atoms with Gasteiger partial charge in [-0.25, -0.2) is 0 Å². The van der Waals surface area contributed by atoms with E-state index in [0.717, 1.165) is 44.2 Å². The van der Waals surface area contributed by atoms with Crippen LogP contribution in [0, 0.1) is 5.92 Å². The van der Waals surface area contributed by atoms with Crippen molar-refractivity contribution < 1.29 is 9.26 Å². The Bertz CT molecular complexity index is 449. The maximum atomic E-state index is 6.31. The summed E-state index contributed by atoms with van der Waals surface area (Å²) in [4.78, 5) is 6.64. The maximum Gasteiger partial charge on any atom is 0.240 e. The number of piperidine rings is 1. The molecule has 0 bridgehead atoms. The molecule has 1 aromatic heterocycles. The first-order valence-corrected chi connectivity index (χ1v) is 8.62. The Morgan fingerprint density at radius 1 is 1.14 bits per heavy atom. The Kier molecular flexibility index (Phi) is 5.44. The molecule has 0 amide bonds. The minimum Gasteiger partial charge on any atom is -0.375 e. The van der Waals surface area contributed by atoms with Crippen LogP contribution in [0.3, 0.4) is 0 Å². The average Bonchev–Trinajstić information content (AvgIpc) is 2.99. The molecule has 6 nitrogen and oxygen atoms in total. The SMILES string of the molecule is CC1CCC(OC2CCN(Cc3noc(CN)n3)CC2)CC1. The van der Waals surface area contributed by atoms with E-state index in [2.05, 4.69) is 22.0 Å². The van der Waals surface area contributed by atoms with Crippen molar-refractivity contribution in [1.82, 2.24) is 15.0 Å². The molecule has 2 N–H and O–H groups in total. The molecule has 1 aromatic rings. The molecule has 0 unspecified atom stereocenters. The molecule has 6 heteroatoms. The standard InChI is InChI=1S/C16H28N4O2/c1-12-2-4-13(5-3-12)21-14-6-8-20(9-7-14)11-15-18-16(10-17)22-19-15/h12-14H,2-11,17H2,1H3. The van der Waals surface area contributed by atoms with E-state index >= 15 is 0 Å². The van der Waals surface area contributed by atoms with Crippen LogP contribution in [-0.4, -0.2) is 40.3 Å². The zero-order valence-corrected chi connectivity index (χ0v) is 13.5. The summed E-state index contributed by atoms with van der Waals surface area (Å²) in [6, 6.07) is 0. The zero-order valence-electron chi connectivity index (χ0n) is 13.5. The molecule has 124 valence electrons. The lowest BCUT2D eigenvalue weighted by molar-refractivity contribution is -0.0610. The van der Waals surface area contributed by atoms with Crippen molar-refractivity contribution in [3.8, 4) is 0 Å². The van der Waals surface area contributed by atoms with Gasteiger partial charge in [0.25, 0.3) is 0 Å². The zero-order chi connectivity index (χ0) is 15.4. The van der Waals surface area contributed by atoms with Crippen molar-refractivity contribution >= 4 is 0 Å². The summed E-state index contributed by atoms with van der Waals surface area (Å²) in [5, 5.41) is 3.96. The highest BCUT2D eigenvalue weighted by Crippen LogP contribution is 2.28. The predicted octanol–water partition coefficient (Wildman–Crippen LogP) is 2.09. The van der Waals surface area contributed by atoms with Gasteiger partial charge < -0.3 is 15.0 Å². The van der Waals surface area contributed by atoms with Crippen LogP contribution in [0.5, 0.6) is 0 Å². The minimum atomic E-state index is 0.308. The first kappa shape index (κ1) is 15.9. The number of hydrogen-bond acceptors (Lipinski definition) is 6. The van der Waals surface area contributed by atoms with E-state index < -0.39 is 0 Å². The number of rotatable bonds is 5. The van der Waals surface area contributed by atoms with E-state index in [4.69, 9.17) is 15.0 Å². The van der Waals surface area contributed by atoms with Gasteiger partial charge in [0.05, 0.1) is 25.3 Å². The van der Waals surface area contributed by atoms with Gasteiger partial charge in [0.2, 0.25) is 5.89 Å². The van der Waals surface area contributed by atoms with Crippen LogP contribution in [0.1, 0.15) is 57.2 Å². The molecular weight excluding hydrogens is 280 g/mol. The molecule has 0 spiro atoms. The largest absolute Gasteiger partial charge is 0.375 e. The fraction of sp³-hybridized carbons (Fsp3) is 0.875. The number of likely N-dealkylation sites (tertiary alicyclic amines) is 1. The van der Waals surface area contributed by atoms with Crippen LogP contribution in [0.2, 0.25) is 0 Å². The number of aromatic nitrogens is 2. The quantitative estimate of drug-likeness (QED) is 0.897. The molecule has 3 rings (SSSR count). The number of nitrogens with two attached hydrogens (primary N) is 1. The Morgan fingerprint density at radius 3 is 2.45 bits per heavy atom. The van der Waals surface area contributed by atoms with Gasteiger partial charge in [-0.3, -0.25) is 4.90 Å². The Balaban J connectivity index is 1.38. The number of ether oxygens (including phenoxy) is 1. The average molecular weight is 308 g/mol. The van der Waals surface area contributed by atoms with Gasteiger partial charge >= 0.3 is 0 Å². The number of hydrogen-bond donors (Lipinski definition) is 1. The predicted molar refractivity (Wildman–Crippen MR) is 83.0 cm³/mol. The summed E-state index contributed by atoms with van der Waals surface area (Å²) in [5.41, 5.74) is 5.49. The van der Waals surface area contributed by atoms with Crippen LogP contribution in [-0.2, 0) is 17.8 Å². The summed E-state index contributed by atoms with van der Waals surface area (Å²) < 4.78 is 11.4. The maximum absolute atomic E-state index is 6.31. The van der Waals surface area contributed by atoms with Gasteiger partial charge in [-0.2, -0.15) is 4.98 Å². The van der Waals surface area contributed by atoms with E-state index in [0.29, 0.717) is 24.6 Å². The molecule has 22 heavy (non-hydrogen) atoms. The first-order valence-electron chi connectivity index (χ1n) is 8.62. The fourth-order valence-electron chi connectivity index (χ4n) is 3.48. The van der Waals surface area contributed by atoms with Gasteiger partial charge in [-0.1, -0.05) is 12.1 Å². The molecule has 1 saturated heterocycles. The molecule has 0 aromatic carbocycles. The van der Waals surface area contributed by atoms with Crippen molar-refractivity contribution in [2.75, 3.05) is 13.1 Å². The molecule has 2 heterocycles. The van der Waals surface area contributed by atoms with Gasteiger partial charge in [0.1, 0.15) is 0 Å². The lowest BCUT2D eigenvalue weighted by atomic mass is 9.88. The molecule has 0 atom stereocenters. The second kappa shape index (κ2) is 7.53. The van der Waals surface area contributed by atoms with E-state index in [1.807, 2.05) is 0 Å². The smallest absolute Gasteiger partial charge is 0.240 e. The van der Waals surface area contributed by atoms with Crippen LogP contribution in [0.25, 0.3) is 0 Å². The molecular formula is C16H28N4O2. The highest BCUT2D eigenvalue weighted by Gasteiger charge is 2.26. The third kappa shape index (κ3) is 4.27. The highest BCUT2D eigenvalue weighted by atomic mass is 16.5. The van der Waals surface area contributed by atoms with Gasteiger partial charge in [0.15, 0.2) is 5.82 Å². The Morgan fingerprint density at radius 2 is 1.82 bits per heavy atom. The molecule has 2 fully saturated rings. The second-order valence-electron chi connectivity index (χ2n) is 6.80. The van der Waals surface area contributed by atoms with Crippen molar-refractivity contribution in [3.05, 3.63) is 11.7 Å². The normalized spacial score (nSPS) is 28.1. The van der Waals surface area contributed by atoms with Crippen molar-refractivity contribution in [1.29, 1.82) is 0 Å². The summed E-state index contributed by atoms with van der Waals surface area (Å²) in [6.45, 7) is 5.49. The Labute approximate surface area is 132 Å². The third-order valence-electron chi connectivity index (χ3n) is 4.93. The van der Waals surface area contributed by atoms with Crippen LogP contribution < -0.4 is 5.73 Å². The monoisotopic (exact) mass is 308 g/mol. The van der Waals surface area contributed by atoms with Crippen LogP contribution in [0.15, 0.2) is 4.52 Å². The van der Waals surface area contributed by atoms with E-state index in [9.17, 15) is 0 Å². The van der Waals surface area contributed by atoms with Crippen molar-refractivity contribution in [3.63, 3.8) is 0 Å². The minimum absolute atomic E-state index is 0.308. The van der Waals surface area contributed by atoms with Crippen molar-refractivity contribution in [2.45, 2.75) is 70.7 Å². The van der Waals surface area contributed by atoms with Crippen LogP contribution >= 0.6 is 0 Å². The van der Waals surface area contributed by atoms with Gasteiger partial charge in [-0.05, 0) is 44.4 Å². The molecule has 1 saturated carbocycles. The molecule has 1 aliphatic carbocycles. The van der Waals surface area contributed by atoms with Crippen molar-refractivity contribution in [2.24, 2.45) is 11.7 Å². The summed E-state index contributed by atoms with van der Waals surface area (Å²) in [7, 11) is 0. The molecule has 0 radical (unpaired) electrons. The first-order chi connectivity index (χ1) is 10.7. The van der Waals surface area contributed by atoms with E-state index in [1.165, 1.54) is 25.7 Å². The molecule has 1 aliphatic heterocycles. The van der Waals surface area contributed by atoms with Gasteiger partial charge in [-0.15, -0.1) is 0 Å². The number of nitrogens with zero attached hydrogens (tertiary/aromatic N) is 3. The Hall–Kier alpha value is -0.980. The van der Waals surface area contributed by atoms with E-state index in [-0.39, 0.29) is 0 Å². The lowest BCUT2D eigenvalue weighted by Gasteiger charge is -2.35.